The van der Waals surface area contributed by atoms with E-state index in [-0.39, 0.29) is 36.0 Å². The van der Waals surface area contributed by atoms with Gasteiger partial charge < -0.3 is 19.1 Å². The van der Waals surface area contributed by atoms with E-state index in [0.29, 0.717) is 36.8 Å². The van der Waals surface area contributed by atoms with Gasteiger partial charge in [-0.15, -0.1) is 0 Å². The summed E-state index contributed by atoms with van der Waals surface area (Å²) in [7, 11) is 0. The molecule has 2 aliphatic heterocycles. The minimum Gasteiger partial charge on any atom is -0.493 e. The molecular weight excluding hydrogens is 403 g/mol. The van der Waals surface area contributed by atoms with Crippen molar-refractivity contribution in [3.05, 3.63) is 53.3 Å². The summed E-state index contributed by atoms with van der Waals surface area (Å²) < 4.78 is 53.7. The van der Waals surface area contributed by atoms with E-state index >= 15 is 0 Å². The molecule has 0 unspecified atom stereocenters. The molecular formula is C21H18F3NO5. The molecule has 1 saturated heterocycles. The first kappa shape index (κ1) is 20.1. The third kappa shape index (κ3) is 4.34. The second-order valence-corrected chi connectivity index (χ2v) is 7.18. The second-order valence-electron chi connectivity index (χ2n) is 7.18. The maximum absolute atomic E-state index is 14.3. The number of amides is 1. The summed E-state index contributed by atoms with van der Waals surface area (Å²) in [5.74, 6) is -0.358. The number of fused-ring (bicyclic) bond motifs is 1. The number of Topliss-reactive ketones (excluding diaryl/α,β-unsaturated/α-hetero) is 1. The molecule has 0 bridgehead atoms. The van der Waals surface area contributed by atoms with E-state index in [1.54, 1.807) is 0 Å². The first-order chi connectivity index (χ1) is 14.4. The Kier molecular flexibility index (Phi) is 5.52. The first-order valence-electron chi connectivity index (χ1n) is 9.33. The van der Waals surface area contributed by atoms with Crippen molar-refractivity contribution in [3.63, 3.8) is 0 Å². The van der Waals surface area contributed by atoms with Crippen LogP contribution >= 0.6 is 0 Å². The molecule has 9 heteroatoms. The van der Waals surface area contributed by atoms with Gasteiger partial charge in [-0.1, -0.05) is 0 Å². The lowest BCUT2D eigenvalue weighted by atomic mass is 9.97. The number of benzene rings is 2. The van der Waals surface area contributed by atoms with E-state index in [1.165, 1.54) is 35.2 Å². The second kappa shape index (κ2) is 8.25. The Bertz CT molecular complexity index is 958. The van der Waals surface area contributed by atoms with Gasteiger partial charge in [0.2, 0.25) is 0 Å². The zero-order valence-corrected chi connectivity index (χ0v) is 15.8. The van der Waals surface area contributed by atoms with Crippen LogP contribution in [0.25, 0.3) is 0 Å². The molecule has 1 amide bonds. The lowest BCUT2D eigenvalue weighted by Gasteiger charge is -2.39. The number of ketones is 1. The number of ether oxygens (including phenoxy) is 3. The topological polar surface area (TPSA) is 65.1 Å². The molecule has 1 fully saturated rings. The molecule has 0 aliphatic carbocycles. The average Bonchev–Trinajstić information content (AvgIpc) is 2.67. The number of nitrogens with zero attached hydrogens (tertiary/aromatic N) is 1. The van der Waals surface area contributed by atoms with Crippen LogP contribution in [-0.2, 0) is 11.2 Å². The highest BCUT2D eigenvalue weighted by molar-refractivity contribution is 5.96. The van der Waals surface area contributed by atoms with Gasteiger partial charge in [-0.2, -0.15) is 8.78 Å². The van der Waals surface area contributed by atoms with Crippen molar-refractivity contribution < 1.29 is 37.0 Å². The van der Waals surface area contributed by atoms with Crippen LogP contribution in [0.15, 0.2) is 36.4 Å². The smallest absolute Gasteiger partial charge is 0.387 e. The van der Waals surface area contributed by atoms with Crippen LogP contribution in [0.5, 0.6) is 17.2 Å². The lowest BCUT2D eigenvalue weighted by molar-refractivity contribution is -0.121. The van der Waals surface area contributed by atoms with Crippen molar-refractivity contribution in [2.75, 3.05) is 26.3 Å². The van der Waals surface area contributed by atoms with Crippen LogP contribution in [-0.4, -0.2) is 49.5 Å². The molecule has 0 radical (unpaired) electrons. The molecule has 0 saturated carbocycles. The predicted octanol–water partition coefficient (Wildman–Crippen LogP) is 3.08. The number of hydrogen-bond donors (Lipinski definition) is 0. The Morgan fingerprint density at radius 1 is 1.17 bits per heavy atom. The van der Waals surface area contributed by atoms with E-state index in [9.17, 15) is 22.8 Å². The van der Waals surface area contributed by atoms with E-state index in [4.69, 9.17) is 9.47 Å². The molecule has 6 nitrogen and oxygen atoms in total. The largest absolute Gasteiger partial charge is 0.493 e. The third-order valence-corrected chi connectivity index (χ3v) is 4.94. The summed E-state index contributed by atoms with van der Waals surface area (Å²) >= 11 is 0. The Balaban J connectivity index is 1.30. The molecule has 2 aliphatic rings. The highest BCUT2D eigenvalue weighted by Gasteiger charge is 2.33. The van der Waals surface area contributed by atoms with Crippen LogP contribution in [0.2, 0.25) is 0 Å². The summed E-state index contributed by atoms with van der Waals surface area (Å²) in [6.45, 7) is -1.85. The van der Waals surface area contributed by atoms with E-state index in [2.05, 4.69) is 4.74 Å². The van der Waals surface area contributed by atoms with E-state index < -0.39 is 18.3 Å². The van der Waals surface area contributed by atoms with Crippen LogP contribution in [0, 0.1) is 11.7 Å². The van der Waals surface area contributed by atoms with Crippen LogP contribution in [0.3, 0.4) is 0 Å². The van der Waals surface area contributed by atoms with Gasteiger partial charge >= 0.3 is 6.61 Å². The van der Waals surface area contributed by atoms with Crippen molar-refractivity contribution in [1.82, 2.24) is 4.90 Å². The van der Waals surface area contributed by atoms with Crippen LogP contribution in [0.1, 0.15) is 15.9 Å². The van der Waals surface area contributed by atoms with Gasteiger partial charge in [0.1, 0.15) is 29.7 Å². The maximum atomic E-state index is 14.3. The number of carbonyl (C=O) groups excluding carboxylic acids is 2. The highest BCUT2D eigenvalue weighted by atomic mass is 19.3. The Hall–Kier alpha value is -3.23. The van der Waals surface area contributed by atoms with Crippen LogP contribution in [0.4, 0.5) is 13.2 Å². The van der Waals surface area contributed by atoms with Gasteiger partial charge in [0.15, 0.2) is 5.78 Å². The molecule has 0 N–H and O–H groups in total. The Morgan fingerprint density at radius 3 is 2.57 bits per heavy atom. The fraction of sp³-hybridized carbons (Fsp3) is 0.333. The van der Waals surface area contributed by atoms with E-state index in [0.717, 1.165) is 6.07 Å². The predicted molar refractivity (Wildman–Crippen MR) is 98.6 cm³/mol. The first-order valence-corrected chi connectivity index (χ1v) is 9.33. The van der Waals surface area contributed by atoms with Crippen molar-refractivity contribution in [1.29, 1.82) is 0 Å². The van der Waals surface area contributed by atoms with Gasteiger partial charge in [0.25, 0.3) is 5.91 Å². The molecule has 2 aromatic carbocycles. The number of carbonyl (C=O) groups is 2. The number of halogens is 3. The molecule has 0 spiro atoms. The summed E-state index contributed by atoms with van der Waals surface area (Å²) in [5, 5.41) is 0. The van der Waals surface area contributed by atoms with Gasteiger partial charge in [0.05, 0.1) is 12.2 Å². The molecule has 4 rings (SSSR count). The van der Waals surface area contributed by atoms with E-state index in [1.807, 2.05) is 0 Å². The quantitative estimate of drug-likeness (QED) is 0.717. The fourth-order valence-electron chi connectivity index (χ4n) is 3.40. The number of hydrogen-bond acceptors (Lipinski definition) is 5. The number of rotatable bonds is 6. The molecule has 158 valence electrons. The number of alkyl halides is 2. The zero-order valence-electron chi connectivity index (χ0n) is 15.8. The molecule has 0 aromatic heterocycles. The Morgan fingerprint density at radius 2 is 1.87 bits per heavy atom. The van der Waals surface area contributed by atoms with Crippen molar-refractivity contribution in [2.45, 2.75) is 13.0 Å². The molecule has 0 atom stereocenters. The van der Waals surface area contributed by atoms with Crippen molar-refractivity contribution in [3.8, 4) is 17.2 Å². The van der Waals surface area contributed by atoms with Gasteiger partial charge in [0, 0.05) is 37.1 Å². The minimum absolute atomic E-state index is 0.0388. The van der Waals surface area contributed by atoms with Crippen molar-refractivity contribution in [2.24, 2.45) is 5.92 Å². The summed E-state index contributed by atoms with van der Waals surface area (Å²) in [5.41, 5.74) is 0.428. The SMILES string of the molecule is O=C1COc2cc(F)c(C(=O)N3CC(COc4ccc(OC(F)F)cc4)C3)cc2C1. The number of likely N-dealkylation sites (tertiary alicyclic amines) is 1. The molecule has 2 aromatic rings. The highest BCUT2D eigenvalue weighted by Crippen LogP contribution is 2.29. The summed E-state index contributed by atoms with van der Waals surface area (Å²) in [4.78, 5) is 25.6. The lowest BCUT2D eigenvalue weighted by Crippen LogP contribution is -2.52. The zero-order chi connectivity index (χ0) is 21.3. The Labute approximate surface area is 170 Å². The summed E-state index contributed by atoms with van der Waals surface area (Å²) in [6, 6.07) is 8.33. The van der Waals surface area contributed by atoms with Gasteiger partial charge in [-0.25, -0.2) is 4.39 Å². The van der Waals surface area contributed by atoms with Gasteiger partial charge in [-0.05, 0) is 30.3 Å². The third-order valence-electron chi connectivity index (χ3n) is 4.94. The standard InChI is InChI=1S/C21H18F3NO5/c22-18-7-19-13(5-14(26)11-29-19)6-17(18)20(27)25-8-12(9-25)10-28-15-1-3-16(4-2-15)30-21(23)24/h1-4,6-7,12,21H,5,8-11H2. The van der Waals surface area contributed by atoms with Gasteiger partial charge in [-0.3, -0.25) is 9.59 Å². The monoisotopic (exact) mass is 421 g/mol. The fourth-order valence-corrected chi connectivity index (χ4v) is 3.40. The summed E-state index contributed by atoms with van der Waals surface area (Å²) in [6.07, 6.45) is 0.119. The average molecular weight is 421 g/mol. The van der Waals surface area contributed by atoms with Crippen molar-refractivity contribution >= 4 is 11.7 Å². The minimum atomic E-state index is -2.89. The maximum Gasteiger partial charge on any atom is 0.387 e. The van der Waals surface area contributed by atoms with Crippen LogP contribution < -0.4 is 14.2 Å². The normalized spacial score (nSPS) is 16.0. The molecule has 2 heterocycles. The molecule has 30 heavy (non-hydrogen) atoms.